The number of likely N-dealkylation sites (tertiary alicyclic amines) is 1. The lowest BCUT2D eigenvalue weighted by Gasteiger charge is -2.18. The molecule has 1 aliphatic rings. The van der Waals surface area contributed by atoms with Crippen molar-refractivity contribution < 1.29 is 23.7 Å². The molecule has 1 aliphatic heterocycles. The fourth-order valence-electron chi connectivity index (χ4n) is 4.15. The summed E-state index contributed by atoms with van der Waals surface area (Å²) >= 11 is 6.74. The lowest BCUT2D eigenvalue weighted by atomic mass is 10.1. The molecule has 0 saturated carbocycles. The highest BCUT2D eigenvalue weighted by atomic mass is 35.5. The monoisotopic (exact) mass is 524 g/mol. The van der Waals surface area contributed by atoms with Gasteiger partial charge in [0.2, 0.25) is 0 Å². The van der Waals surface area contributed by atoms with Crippen molar-refractivity contribution >= 4 is 17.5 Å². The first-order valence-corrected chi connectivity index (χ1v) is 12.8. The summed E-state index contributed by atoms with van der Waals surface area (Å²) in [7, 11) is 3.25. The molecular formula is C29H33ClN2O5. The third-order valence-electron chi connectivity index (χ3n) is 6.31. The Labute approximate surface area is 223 Å². The van der Waals surface area contributed by atoms with E-state index in [9.17, 15) is 4.79 Å². The number of halogens is 1. The summed E-state index contributed by atoms with van der Waals surface area (Å²) in [4.78, 5) is 15.3. The number of hydrogen-bond donors (Lipinski definition) is 1. The molecule has 1 heterocycles. The standard InChI is InChI=1S/C29H33ClN2O5/c1-34-23-9-5-21(6-10-23)19-36-26-14-13-25(29(33)31-15-18-32-16-3-4-17-32)27(30)28(26)37-20-22-7-11-24(35-2)12-8-22/h5-14H,3-4,15-20H2,1-2H3,(H,31,33). The van der Waals surface area contributed by atoms with Gasteiger partial charge in [-0.05, 0) is 73.5 Å². The molecule has 37 heavy (non-hydrogen) atoms. The number of carbonyl (C=O) groups is 1. The van der Waals surface area contributed by atoms with Gasteiger partial charge in [0, 0.05) is 13.1 Å². The van der Waals surface area contributed by atoms with Gasteiger partial charge < -0.3 is 29.2 Å². The van der Waals surface area contributed by atoms with Crippen molar-refractivity contribution in [1.29, 1.82) is 0 Å². The highest BCUT2D eigenvalue weighted by Crippen LogP contribution is 2.39. The maximum absolute atomic E-state index is 13.0. The largest absolute Gasteiger partial charge is 0.497 e. The molecule has 1 fully saturated rings. The van der Waals surface area contributed by atoms with Crippen LogP contribution in [-0.2, 0) is 13.2 Å². The minimum atomic E-state index is -0.236. The van der Waals surface area contributed by atoms with Gasteiger partial charge in [-0.2, -0.15) is 0 Å². The third-order valence-corrected chi connectivity index (χ3v) is 6.69. The molecule has 0 aliphatic carbocycles. The molecule has 3 aromatic carbocycles. The number of rotatable bonds is 12. The maximum atomic E-state index is 13.0. The van der Waals surface area contributed by atoms with Crippen molar-refractivity contribution in [3.05, 3.63) is 82.4 Å². The predicted octanol–water partition coefficient (Wildman–Crippen LogP) is 5.34. The zero-order valence-electron chi connectivity index (χ0n) is 21.3. The van der Waals surface area contributed by atoms with E-state index in [1.165, 1.54) is 12.8 Å². The summed E-state index contributed by atoms with van der Waals surface area (Å²) in [5.41, 5.74) is 2.24. The molecule has 0 unspecified atom stereocenters. The zero-order valence-corrected chi connectivity index (χ0v) is 22.1. The van der Waals surface area contributed by atoms with Crippen molar-refractivity contribution in [2.45, 2.75) is 26.1 Å². The Kier molecular flexibility index (Phi) is 9.52. The van der Waals surface area contributed by atoms with Crippen LogP contribution in [0, 0.1) is 0 Å². The van der Waals surface area contributed by atoms with E-state index in [1.807, 2.05) is 48.5 Å². The van der Waals surface area contributed by atoms with E-state index < -0.39 is 0 Å². The van der Waals surface area contributed by atoms with Crippen LogP contribution in [-0.4, -0.2) is 51.2 Å². The Morgan fingerprint density at radius 2 is 1.41 bits per heavy atom. The van der Waals surface area contributed by atoms with Gasteiger partial charge in [-0.25, -0.2) is 0 Å². The second kappa shape index (κ2) is 13.2. The van der Waals surface area contributed by atoms with E-state index in [1.54, 1.807) is 26.4 Å². The van der Waals surface area contributed by atoms with Crippen LogP contribution in [0.25, 0.3) is 0 Å². The molecule has 1 N–H and O–H groups in total. The molecule has 0 atom stereocenters. The minimum Gasteiger partial charge on any atom is -0.497 e. The van der Waals surface area contributed by atoms with Gasteiger partial charge in [0.25, 0.3) is 5.91 Å². The van der Waals surface area contributed by atoms with Crippen LogP contribution in [0.3, 0.4) is 0 Å². The van der Waals surface area contributed by atoms with Crippen molar-refractivity contribution in [3.63, 3.8) is 0 Å². The molecule has 1 amide bonds. The number of nitrogens with one attached hydrogen (secondary N) is 1. The molecule has 4 rings (SSSR count). The normalized spacial score (nSPS) is 13.3. The van der Waals surface area contributed by atoms with Crippen LogP contribution >= 0.6 is 11.6 Å². The SMILES string of the molecule is COc1ccc(COc2ccc(C(=O)NCCN3CCCC3)c(Cl)c2OCc2ccc(OC)cc2)cc1. The number of benzene rings is 3. The fourth-order valence-corrected chi connectivity index (χ4v) is 4.45. The van der Waals surface area contributed by atoms with E-state index in [4.69, 9.17) is 30.5 Å². The number of ether oxygens (including phenoxy) is 4. The van der Waals surface area contributed by atoms with Gasteiger partial charge in [-0.3, -0.25) is 4.79 Å². The van der Waals surface area contributed by atoms with E-state index in [0.717, 1.165) is 42.3 Å². The van der Waals surface area contributed by atoms with E-state index in [2.05, 4.69) is 10.2 Å². The molecule has 0 aromatic heterocycles. The second-order valence-corrected chi connectivity index (χ2v) is 9.21. The molecule has 8 heteroatoms. The number of carbonyl (C=O) groups excluding carboxylic acids is 1. The number of methoxy groups -OCH3 is 2. The molecule has 0 radical (unpaired) electrons. The van der Waals surface area contributed by atoms with Crippen molar-refractivity contribution in [1.82, 2.24) is 10.2 Å². The quantitative estimate of drug-likeness (QED) is 0.345. The smallest absolute Gasteiger partial charge is 0.252 e. The van der Waals surface area contributed by atoms with Crippen molar-refractivity contribution in [2.24, 2.45) is 0 Å². The average Bonchev–Trinajstić information content (AvgIpc) is 3.45. The summed E-state index contributed by atoms with van der Waals surface area (Å²) in [6.45, 7) is 4.11. The molecule has 3 aromatic rings. The number of nitrogens with zero attached hydrogens (tertiary/aromatic N) is 1. The Morgan fingerprint density at radius 1 is 0.838 bits per heavy atom. The summed E-state index contributed by atoms with van der Waals surface area (Å²) < 4.78 is 22.6. The minimum absolute atomic E-state index is 0.222. The molecule has 0 spiro atoms. The van der Waals surface area contributed by atoms with Gasteiger partial charge >= 0.3 is 0 Å². The topological polar surface area (TPSA) is 69.3 Å². The molecule has 7 nitrogen and oxygen atoms in total. The first kappa shape index (κ1) is 26.6. The fraction of sp³-hybridized carbons (Fsp3) is 0.345. The van der Waals surface area contributed by atoms with Gasteiger partial charge in [0.1, 0.15) is 24.7 Å². The molecule has 196 valence electrons. The lowest BCUT2D eigenvalue weighted by molar-refractivity contribution is 0.0949. The van der Waals surface area contributed by atoms with Crippen LogP contribution in [0.5, 0.6) is 23.0 Å². The molecule has 0 bridgehead atoms. The van der Waals surface area contributed by atoms with Crippen molar-refractivity contribution in [3.8, 4) is 23.0 Å². The van der Waals surface area contributed by atoms with Crippen LogP contribution in [0.2, 0.25) is 5.02 Å². The highest BCUT2D eigenvalue weighted by molar-refractivity contribution is 6.35. The Bertz CT molecular complexity index is 1160. The number of hydrogen-bond acceptors (Lipinski definition) is 6. The predicted molar refractivity (Wildman–Crippen MR) is 144 cm³/mol. The van der Waals surface area contributed by atoms with E-state index in [-0.39, 0.29) is 17.5 Å². The van der Waals surface area contributed by atoms with Crippen LogP contribution in [0.1, 0.15) is 34.3 Å². The van der Waals surface area contributed by atoms with E-state index >= 15 is 0 Å². The van der Waals surface area contributed by atoms with Gasteiger partial charge in [0.05, 0.1) is 24.8 Å². The first-order chi connectivity index (χ1) is 18.1. The lowest BCUT2D eigenvalue weighted by Crippen LogP contribution is -2.33. The van der Waals surface area contributed by atoms with Crippen LogP contribution in [0.15, 0.2) is 60.7 Å². The molecular weight excluding hydrogens is 492 g/mol. The van der Waals surface area contributed by atoms with Gasteiger partial charge in [-0.1, -0.05) is 35.9 Å². The number of amides is 1. The van der Waals surface area contributed by atoms with Crippen LogP contribution in [0.4, 0.5) is 0 Å². The summed E-state index contributed by atoms with van der Waals surface area (Å²) in [5, 5.41) is 3.20. The second-order valence-electron chi connectivity index (χ2n) is 8.83. The van der Waals surface area contributed by atoms with E-state index in [0.29, 0.717) is 30.2 Å². The summed E-state index contributed by atoms with van der Waals surface area (Å²) in [6, 6.07) is 18.6. The Hall–Kier alpha value is -3.42. The zero-order chi connectivity index (χ0) is 26.0. The third kappa shape index (κ3) is 7.31. The first-order valence-electron chi connectivity index (χ1n) is 12.4. The van der Waals surface area contributed by atoms with Crippen molar-refractivity contribution in [2.75, 3.05) is 40.4 Å². The Balaban J connectivity index is 1.49. The van der Waals surface area contributed by atoms with Gasteiger partial charge in [0.15, 0.2) is 11.5 Å². The summed E-state index contributed by atoms with van der Waals surface area (Å²) in [5.74, 6) is 2.09. The maximum Gasteiger partial charge on any atom is 0.252 e. The molecule has 1 saturated heterocycles. The Morgan fingerprint density at radius 3 is 1.97 bits per heavy atom. The van der Waals surface area contributed by atoms with Crippen LogP contribution < -0.4 is 24.3 Å². The highest BCUT2D eigenvalue weighted by Gasteiger charge is 2.20. The average molecular weight is 525 g/mol. The summed E-state index contributed by atoms with van der Waals surface area (Å²) in [6.07, 6.45) is 2.43. The van der Waals surface area contributed by atoms with Gasteiger partial charge in [-0.15, -0.1) is 0 Å².